The molecule has 0 bridgehead atoms. The number of ether oxygens (including phenoxy) is 1. The topological polar surface area (TPSA) is 103 Å². The van der Waals surface area contributed by atoms with E-state index in [2.05, 4.69) is 9.97 Å². The number of aliphatic carboxylic acids is 1. The van der Waals surface area contributed by atoms with Crippen molar-refractivity contribution >= 4 is 22.8 Å². The van der Waals surface area contributed by atoms with Crippen molar-refractivity contribution in [3.8, 4) is 16.9 Å². The highest BCUT2D eigenvalue weighted by molar-refractivity contribution is 6.00. The minimum absolute atomic E-state index is 0.0872. The van der Waals surface area contributed by atoms with E-state index in [1.165, 1.54) is 6.33 Å². The van der Waals surface area contributed by atoms with Crippen LogP contribution in [-0.4, -0.2) is 25.6 Å². The van der Waals surface area contributed by atoms with Crippen molar-refractivity contribution in [3.05, 3.63) is 72.7 Å². The Labute approximate surface area is 179 Å². The first-order valence-electron chi connectivity index (χ1n) is 10.2. The molecule has 1 saturated carbocycles. The van der Waals surface area contributed by atoms with Gasteiger partial charge in [0.25, 0.3) is 0 Å². The molecule has 3 N–H and O–H groups in total. The number of nitrogens with two attached hydrogens (primary N) is 1. The summed E-state index contributed by atoms with van der Waals surface area (Å²) >= 11 is 0. The van der Waals surface area contributed by atoms with E-state index in [0.717, 1.165) is 33.5 Å². The molecule has 2 aromatic carbocycles. The molecule has 0 saturated heterocycles. The van der Waals surface area contributed by atoms with Crippen LogP contribution in [0.15, 0.2) is 67.1 Å². The van der Waals surface area contributed by atoms with Crippen molar-refractivity contribution in [2.45, 2.75) is 25.5 Å². The second-order valence-corrected chi connectivity index (χ2v) is 7.87. The molecule has 2 heterocycles. The zero-order valence-electron chi connectivity index (χ0n) is 16.8. The Bertz CT molecular complexity index is 1250. The number of anilines is 1. The molecule has 31 heavy (non-hydrogen) atoms. The molecule has 1 aliphatic rings. The number of rotatable bonds is 6. The maximum atomic E-state index is 11.2. The van der Waals surface area contributed by atoms with Gasteiger partial charge in [0, 0.05) is 17.8 Å². The Kier molecular flexibility index (Phi) is 4.78. The molecule has 0 atom stereocenters. The minimum Gasteiger partial charge on any atom is -0.489 e. The summed E-state index contributed by atoms with van der Waals surface area (Å²) in [4.78, 5) is 19.9. The van der Waals surface area contributed by atoms with Crippen LogP contribution in [0.25, 0.3) is 22.2 Å². The van der Waals surface area contributed by atoms with Crippen molar-refractivity contribution < 1.29 is 14.6 Å². The van der Waals surface area contributed by atoms with E-state index in [0.29, 0.717) is 25.3 Å². The Morgan fingerprint density at radius 3 is 2.71 bits per heavy atom. The molecule has 0 unspecified atom stereocenters. The summed E-state index contributed by atoms with van der Waals surface area (Å²) in [5, 5.41) is 10.0. The fourth-order valence-electron chi connectivity index (χ4n) is 4.12. The van der Waals surface area contributed by atoms with Gasteiger partial charge >= 0.3 is 5.97 Å². The predicted molar refractivity (Wildman–Crippen MR) is 118 cm³/mol. The first-order chi connectivity index (χ1) is 15.1. The van der Waals surface area contributed by atoms with Gasteiger partial charge in [-0.25, -0.2) is 9.97 Å². The van der Waals surface area contributed by atoms with E-state index in [1.807, 2.05) is 65.4 Å². The molecule has 0 amide bonds. The number of carboxylic acids is 1. The van der Waals surface area contributed by atoms with E-state index in [1.54, 1.807) is 0 Å². The second-order valence-electron chi connectivity index (χ2n) is 7.87. The first-order valence-corrected chi connectivity index (χ1v) is 10.2. The average molecular weight is 414 g/mol. The molecule has 7 nitrogen and oxygen atoms in total. The van der Waals surface area contributed by atoms with Gasteiger partial charge in [-0.05, 0) is 36.1 Å². The van der Waals surface area contributed by atoms with E-state index in [4.69, 9.17) is 10.5 Å². The number of fused-ring (bicyclic) bond motifs is 1. The van der Waals surface area contributed by atoms with Crippen LogP contribution in [0, 0.1) is 5.92 Å². The maximum Gasteiger partial charge on any atom is 0.306 e. The fourth-order valence-corrected chi connectivity index (χ4v) is 4.12. The van der Waals surface area contributed by atoms with E-state index >= 15 is 0 Å². The smallest absolute Gasteiger partial charge is 0.306 e. The zero-order chi connectivity index (χ0) is 21.4. The molecule has 7 heteroatoms. The Hall–Kier alpha value is -3.87. The number of benzene rings is 2. The van der Waals surface area contributed by atoms with E-state index < -0.39 is 5.97 Å². The number of aromatic nitrogens is 3. The largest absolute Gasteiger partial charge is 0.489 e. The van der Waals surface area contributed by atoms with Gasteiger partial charge in [0.2, 0.25) is 0 Å². The standard InChI is InChI=1S/C24H22N4O3/c25-22-21-20(12-28(23(21)27-14-26-22)18-9-17(10-18)24(29)30)16-7-4-8-19(11-16)31-13-15-5-2-1-3-6-15/h1-8,11-12,14,17-18H,9-10,13H2,(H,29,30)(H2,25,26,27). The molecule has 0 spiro atoms. The van der Waals surface area contributed by atoms with Crippen LogP contribution in [0.5, 0.6) is 5.75 Å². The number of nitrogen functional groups attached to an aromatic ring is 1. The van der Waals surface area contributed by atoms with Gasteiger partial charge in [-0.15, -0.1) is 0 Å². The summed E-state index contributed by atoms with van der Waals surface area (Å²) in [6.07, 6.45) is 4.63. The Balaban J connectivity index is 1.48. The van der Waals surface area contributed by atoms with Gasteiger partial charge in [-0.3, -0.25) is 4.79 Å². The summed E-state index contributed by atoms with van der Waals surface area (Å²) in [5.41, 5.74) is 9.91. The van der Waals surface area contributed by atoms with Crippen LogP contribution < -0.4 is 10.5 Å². The van der Waals surface area contributed by atoms with Crippen LogP contribution >= 0.6 is 0 Å². The van der Waals surface area contributed by atoms with Crippen molar-refractivity contribution in [2.24, 2.45) is 5.92 Å². The van der Waals surface area contributed by atoms with E-state index in [9.17, 15) is 9.90 Å². The van der Waals surface area contributed by atoms with Crippen LogP contribution in [0.1, 0.15) is 24.4 Å². The second kappa shape index (κ2) is 7.75. The van der Waals surface area contributed by atoms with E-state index in [-0.39, 0.29) is 12.0 Å². The van der Waals surface area contributed by atoms with Crippen LogP contribution in [-0.2, 0) is 11.4 Å². The molecular formula is C24H22N4O3. The van der Waals surface area contributed by atoms with Crippen molar-refractivity contribution in [1.29, 1.82) is 0 Å². The van der Waals surface area contributed by atoms with Gasteiger partial charge in [0.15, 0.2) is 0 Å². The third kappa shape index (κ3) is 3.59. The van der Waals surface area contributed by atoms with Crippen molar-refractivity contribution in [1.82, 2.24) is 14.5 Å². The Morgan fingerprint density at radius 2 is 1.94 bits per heavy atom. The summed E-state index contributed by atoms with van der Waals surface area (Å²) in [7, 11) is 0. The maximum absolute atomic E-state index is 11.2. The van der Waals surface area contributed by atoms with Crippen molar-refractivity contribution in [2.75, 3.05) is 5.73 Å². The number of nitrogens with zero attached hydrogens (tertiary/aromatic N) is 3. The summed E-state index contributed by atoms with van der Waals surface area (Å²) in [6.45, 7) is 0.482. The molecule has 4 aromatic rings. The van der Waals surface area contributed by atoms with Crippen LogP contribution in [0.2, 0.25) is 0 Å². The molecule has 0 aliphatic heterocycles. The zero-order valence-corrected chi connectivity index (χ0v) is 16.8. The number of hydrogen-bond donors (Lipinski definition) is 2. The monoisotopic (exact) mass is 414 g/mol. The fraction of sp³-hybridized carbons (Fsp3) is 0.208. The third-order valence-corrected chi connectivity index (χ3v) is 5.89. The lowest BCUT2D eigenvalue weighted by Crippen LogP contribution is -2.32. The highest BCUT2D eigenvalue weighted by Gasteiger charge is 2.36. The number of carbonyl (C=O) groups is 1. The quantitative estimate of drug-likeness (QED) is 0.488. The molecule has 156 valence electrons. The molecule has 5 rings (SSSR count). The van der Waals surface area contributed by atoms with Gasteiger partial charge in [-0.1, -0.05) is 42.5 Å². The Morgan fingerprint density at radius 1 is 1.13 bits per heavy atom. The lowest BCUT2D eigenvalue weighted by atomic mass is 9.80. The molecule has 2 aromatic heterocycles. The van der Waals surface area contributed by atoms with Gasteiger partial charge < -0.3 is 20.1 Å². The normalized spacial score (nSPS) is 17.9. The molecular weight excluding hydrogens is 392 g/mol. The SMILES string of the molecule is Nc1ncnc2c1c(-c1cccc(OCc3ccccc3)c1)cn2C1CC(C(=O)O)C1. The minimum atomic E-state index is -0.745. The first kappa shape index (κ1) is 19.1. The highest BCUT2D eigenvalue weighted by atomic mass is 16.5. The van der Waals surface area contributed by atoms with Crippen LogP contribution in [0.3, 0.4) is 0 Å². The summed E-state index contributed by atoms with van der Waals surface area (Å²) < 4.78 is 8.03. The number of carboxylic acid groups (broad SMARTS) is 1. The van der Waals surface area contributed by atoms with Gasteiger partial charge in [-0.2, -0.15) is 0 Å². The summed E-state index contributed by atoms with van der Waals surface area (Å²) in [6, 6.07) is 18.0. The van der Waals surface area contributed by atoms with Crippen molar-refractivity contribution in [3.63, 3.8) is 0 Å². The third-order valence-electron chi connectivity index (χ3n) is 5.89. The average Bonchev–Trinajstić information content (AvgIpc) is 3.13. The molecule has 1 fully saturated rings. The summed E-state index contributed by atoms with van der Waals surface area (Å²) in [5.74, 6) is 0.112. The molecule has 1 aliphatic carbocycles. The van der Waals surface area contributed by atoms with Crippen LogP contribution in [0.4, 0.5) is 5.82 Å². The van der Waals surface area contributed by atoms with Gasteiger partial charge in [0.05, 0.1) is 11.3 Å². The molecule has 0 radical (unpaired) electrons. The van der Waals surface area contributed by atoms with Gasteiger partial charge in [0.1, 0.15) is 30.1 Å². The predicted octanol–water partition coefficient (Wildman–Crippen LogP) is 4.30. The lowest BCUT2D eigenvalue weighted by Gasteiger charge is -2.33. The lowest BCUT2D eigenvalue weighted by molar-refractivity contribution is -0.145. The number of hydrogen-bond acceptors (Lipinski definition) is 5. The highest BCUT2D eigenvalue weighted by Crippen LogP contribution is 2.43.